The second kappa shape index (κ2) is 5.80. The van der Waals surface area contributed by atoms with Gasteiger partial charge in [0.15, 0.2) is 5.82 Å². The van der Waals surface area contributed by atoms with Gasteiger partial charge in [-0.1, -0.05) is 6.92 Å². The van der Waals surface area contributed by atoms with Crippen LogP contribution in [0.3, 0.4) is 0 Å². The molecule has 1 aromatic rings. The van der Waals surface area contributed by atoms with Gasteiger partial charge in [-0.25, -0.2) is 0 Å². The smallest absolute Gasteiger partial charge is 0.222 e. The Morgan fingerprint density at radius 2 is 1.94 bits per heavy atom. The number of anilines is 1. The minimum Gasteiger partial charge on any atom is -0.352 e. The van der Waals surface area contributed by atoms with Gasteiger partial charge in [-0.15, -0.1) is 5.10 Å². The maximum atomic E-state index is 11.8. The Bertz CT molecular complexity index is 396. The first-order chi connectivity index (χ1) is 8.70. The third-order valence-electron chi connectivity index (χ3n) is 3.20. The van der Waals surface area contributed by atoms with Gasteiger partial charge in [0.2, 0.25) is 5.91 Å². The highest BCUT2D eigenvalue weighted by atomic mass is 16.2. The molecule has 2 heterocycles. The van der Waals surface area contributed by atoms with Crippen molar-refractivity contribution in [2.24, 2.45) is 0 Å². The van der Waals surface area contributed by atoms with Gasteiger partial charge in [0.05, 0.1) is 5.69 Å². The van der Waals surface area contributed by atoms with Crippen molar-refractivity contribution in [2.45, 2.75) is 26.7 Å². The standard InChI is InChI=1S/C13H20N4O/c1-3-4-13(18)17-9-7-16(8-10-17)12-6-5-11(2)14-15-12/h5-6H,3-4,7-10H2,1-2H3. The number of nitrogens with zero attached hydrogens (tertiary/aromatic N) is 4. The van der Waals surface area contributed by atoms with Crippen LogP contribution in [0.25, 0.3) is 0 Å². The lowest BCUT2D eigenvalue weighted by molar-refractivity contribution is -0.131. The van der Waals surface area contributed by atoms with Crippen molar-refractivity contribution in [2.75, 3.05) is 31.1 Å². The predicted octanol–water partition coefficient (Wildman–Crippen LogP) is 1.23. The molecule has 0 radical (unpaired) electrons. The van der Waals surface area contributed by atoms with E-state index in [-0.39, 0.29) is 5.91 Å². The number of rotatable bonds is 3. The molecule has 18 heavy (non-hydrogen) atoms. The van der Waals surface area contributed by atoms with Gasteiger partial charge in [-0.2, -0.15) is 5.10 Å². The van der Waals surface area contributed by atoms with Crippen LogP contribution in [0.5, 0.6) is 0 Å². The summed E-state index contributed by atoms with van der Waals surface area (Å²) in [6, 6.07) is 3.96. The number of carbonyl (C=O) groups is 1. The monoisotopic (exact) mass is 248 g/mol. The van der Waals surface area contributed by atoms with Crippen LogP contribution in [0.4, 0.5) is 5.82 Å². The molecule has 0 aromatic carbocycles. The number of carbonyl (C=O) groups excluding carboxylic acids is 1. The van der Waals surface area contributed by atoms with Crippen LogP contribution in [0.2, 0.25) is 0 Å². The molecule has 1 amide bonds. The molecule has 0 saturated carbocycles. The summed E-state index contributed by atoms with van der Waals surface area (Å²) in [5.74, 6) is 1.18. The first kappa shape index (κ1) is 12.8. The molecule has 1 fully saturated rings. The van der Waals surface area contributed by atoms with E-state index in [9.17, 15) is 4.79 Å². The lowest BCUT2D eigenvalue weighted by Crippen LogP contribution is -2.49. The van der Waals surface area contributed by atoms with E-state index >= 15 is 0 Å². The van der Waals surface area contributed by atoms with Crippen LogP contribution >= 0.6 is 0 Å². The SMILES string of the molecule is CCCC(=O)N1CCN(c2ccc(C)nn2)CC1. The summed E-state index contributed by atoms with van der Waals surface area (Å²) in [5.41, 5.74) is 0.926. The Hall–Kier alpha value is -1.65. The quantitative estimate of drug-likeness (QED) is 0.807. The molecule has 5 heteroatoms. The zero-order valence-corrected chi connectivity index (χ0v) is 11.1. The molecule has 0 bridgehead atoms. The van der Waals surface area contributed by atoms with Gasteiger partial charge >= 0.3 is 0 Å². The Balaban J connectivity index is 1.90. The Morgan fingerprint density at radius 1 is 1.22 bits per heavy atom. The molecule has 0 spiro atoms. The van der Waals surface area contributed by atoms with Crippen molar-refractivity contribution < 1.29 is 4.79 Å². The molecule has 2 rings (SSSR count). The first-order valence-corrected chi connectivity index (χ1v) is 6.53. The minimum absolute atomic E-state index is 0.271. The van der Waals surface area contributed by atoms with Crippen molar-refractivity contribution in [3.63, 3.8) is 0 Å². The summed E-state index contributed by atoms with van der Waals surface area (Å²) < 4.78 is 0. The van der Waals surface area contributed by atoms with Gasteiger partial charge < -0.3 is 9.80 Å². The lowest BCUT2D eigenvalue weighted by atomic mass is 10.2. The van der Waals surface area contributed by atoms with Crippen molar-refractivity contribution in [3.8, 4) is 0 Å². The Labute approximate surface area is 108 Å². The minimum atomic E-state index is 0.271. The fourth-order valence-electron chi connectivity index (χ4n) is 2.12. The largest absolute Gasteiger partial charge is 0.352 e. The highest BCUT2D eigenvalue weighted by Crippen LogP contribution is 2.13. The van der Waals surface area contributed by atoms with Gasteiger partial charge in [0.25, 0.3) is 0 Å². The molecule has 1 aliphatic heterocycles. The normalized spacial score (nSPS) is 15.9. The predicted molar refractivity (Wildman–Crippen MR) is 70.5 cm³/mol. The van der Waals surface area contributed by atoms with E-state index in [0.717, 1.165) is 44.1 Å². The van der Waals surface area contributed by atoms with Crippen molar-refractivity contribution in [1.82, 2.24) is 15.1 Å². The number of piperazine rings is 1. The van der Waals surface area contributed by atoms with E-state index in [2.05, 4.69) is 15.1 Å². The molecule has 0 atom stereocenters. The molecule has 0 N–H and O–H groups in total. The summed E-state index contributed by atoms with van der Waals surface area (Å²) in [4.78, 5) is 15.9. The van der Waals surface area contributed by atoms with Gasteiger partial charge in [-0.05, 0) is 25.5 Å². The van der Waals surface area contributed by atoms with Gasteiger partial charge in [0, 0.05) is 32.6 Å². The van der Waals surface area contributed by atoms with Crippen LogP contribution in [0.1, 0.15) is 25.5 Å². The fraction of sp³-hybridized carbons (Fsp3) is 0.615. The van der Waals surface area contributed by atoms with E-state index in [1.54, 1.807) is 0 Å². The molecule has 5 nitrogen and oxygen atoms in total. The first-order valence-electron chi connectivity index (χ1n) is 6.53. The number of aromatic nitrogens is 2. The maximum absolute atomic E-state index is 11.8. The zero-order valence-electron chi connectivity index (χ0n) is 11.1. The highest BCUT2D eigenvalue weighted by molar-refractivity contribution is 5.76. The van der Waals surface area contributed by atoms with Crippen LogP contribution < -0.4 is 4.90 Å². The molecule has 98 valence electrons. The summed E-state index contributed by atoms with van der Waals surface area (Å²) in [7, 11) is 0. The van der Waals surface area contributed by atoms with Crippen molar-refractivity contribution in [1.29, 1.82) is 0 Å². The van der Waals surface area contributed by atoms with Crippen molar-refractivity contribution in [3.05, 3.63) is 17.8 Å². The van der Waals surface area contributed by atoms with Gasteiger partial charge in [0.1, 0.15) is 0 Å². The average Bonchev–Trinajstić information content (AvgIpc) is 2.40. The van der Waals surface area contributed by atoms with E-state index < -0.39 is 0 Å². The molecule has 0 aliphatic carbocycles. The van der Waals surface area contributed by atoms with E-state index in [1.807, 2.05) is 30.9 Å². The van der Waals surface area contributed by atoms with Crippen LogP contribution in [0, 0.1) is 6.92 Å². The van der Waals surface area contributed by atoms with Gasteiger partial charge in [-0.3, -0.25) is 4.79 Å². The van der Waals surface area contributed by atoms with Crippen LogP contribution in [0.15, 0.2) is 12.1 Å². The van der Waals surface area contributed by atoms with Crippen LogP contribution in [-0.4, -0.2) is 47.2 Å². The molecular formula is C13H20N4O. The molecular weight excluding hydrogens is 228 g/mol. The summed E-state index contributed by atoms with van der Waals surface area (Å²) >= 11 is 0. The molecule has 1 saturated heterocycles. The third-order valence-corrected chi connectivity index (χ3v) is 3.20. The molecule has 1 aromatic heterocycles. The number of hydrogen-bond acceptors (Lipinski definition) is 4. The third kappa shape index (κ3) is 2.97. The summed E-state index contributed by atoms with van der Waals surface area (Å²) in [6.07, 6.45) is 1.58. The number of hydrogen-bond donors (Lipinski definition) is 0. The lowest BCUT2D eigenvalue weighted by Gasteiger charge is -2.35. The molecule has 0 unspecified atom stereocenters. The zero-order chi connectivity index (χ0) is 13.0. The molecule has 1 aliphatic rings. The van der Waals surface area contributed by atoms with Crippen LogP contribution in [-0.2, 0) is 4.79 Å². The number of aryl methyl sites for hydroxylation is 1. The maximum Gasteiger partial charge on any atom is 0.222 e. The van der Waals surface area contributed by atoms with E-state index in [4.69, 9.17) is 0 Å². The van der Waals surface area contributed by atoms with Crippen molar-refractivity contribution >= 4 is 11.7 Å². The number of amides is 1. The summed E-state index contributed by atoms with van der Waals surface area (Å²) in [6.45, 7) is 7.22. The van der Waals surface area contributed by atoms with E-state index in [0.29, 0.717) is 6.42 Å². The Morgan fingerprint density at radius 3 is 2.50 bits per heavy atom. The summed E-state index contributed by atoms with van der Waals surface area (Å²) in [5, 5.41) is 8.25. The Kier molecular flexibility index (Phi) is 4.12. The topological polar surface area (TPSA) is 49.3 Å². The highest BCUT2D eigenvalue weighted by Gasteiger charge is 2.21. The average molecular weight is 248 g/mol. The van der Waals surface area contributed by atoms with E-state index in [1.165, 1.54) is 0 Å². The fourth-order valence-corrected chi connectivity index (χ4v) is 2.12. The second-order valence-corrected chi connectivity index (χ2v) is 4.65. The second-order valence-electron chi connectivity index (χ2n) is 4.65.